The summed E-state index contributed by atoms with van der Waals surface area (Å²) in [7, 11) is 1.62. The van der Waals surface area contributed by atoms with E-state index in [9.17, 15) is 9.59 Å². The molecule has 0 aliphatic heterocycles. The van der Waals surface area contributed by atoms with Crippen molar-refractivity contribution in [2.24, 2.45) is 0 Å². The van der Waals surface area contributed by atoms with E-state index in [1.807, 2.05) is 67.4 Å². The van der Waals surface area contributed by atoms with Crippen LogP contribution in [0.25, 0.3) is 0 Å². The first-order valence-electron chi connectivity index (χ1n) is 9.41. The molecular weight excluding hydrogens is 374 g/mol. The molecule has 152 valence electrons. The molecule has 2 amide bonds. The van der Waals surface area contributed by atoms with E-state index in [0.717, 1.165) is 16.3 Å². The third-order valence-electron chi connectivity index (χ3n) is 4.20. The van der Waals surface area contributed by atoms with Crippen LogP contribution in [0.4, 0.5) is 5.69 Å². The first-order chi connectivity index (χ1) is 13.4. The zero-order valence-corrected chi connectivity index (χ0v) is 17.8. The van der Waals surface area contributed by atoms with Crippen molar-refractivity contribution in [1.29, 1.82) is 0 Å². The highest BCUT2D eigenvalue weighted by molar-refractivity contribution is 7.09. The lowest BCUT2D eigenvalue weighted by atomic mass is 10.2. The number of nitrogens with zero attached hydrogens (tertiary/aromatic N) is 2. The van der Waals surface area contributed by atoms with Gasteiger partial charge in [0, 0.05) is 16.6 Å². The molecule has 7 heteroatoms. The van der Waals surface area contributed by atoms with Crippen molar-refractivity contribution in [2.45, 2.75) is 33.4 Å². The van der Waals surface area contributed by atoms with Crippen LogP contribution < -0.4 is 15.0 Å². The average molecular weight is 404 g/mol. The van der Waals surface area contributed by atoms with Gasteiger partial charge in [-0.2, -0.15) is 0 Å². The van der Waals surface area contributed by atoms with Crippen LogP contribution in [0.1, 0.15) is 25.6 Å². The van der Waals surface area contributed by atoms with Gasteiger partial charge in [0.2, 0.25) is 11.8 Å². The second kappa shape index (κ2) is 10.8. The number of ether oxygens (including phenoxy) is 1. The Morgan fingerprint density at radius 2 is 1.86 bits per heavy atom. The number of hydrogen-bond acceptors (Lipinski definition) is 5. The Labute approximate surface area is 171 Å². The van der Waals surface area contributed by atoms with Gasteiger partial charge in [-0.15, -0.1) is 11.3 Å². The van der Waals surface area contributed by atoms with Crippen LogP contribution in [0.15, 0.2) is 41.8 Å². The van der Waals surface area contributed by atoms with Crippen LogP contribution in [-0.4, -0.2) is 49.5 Å². The van der Waals surface area contributed by atoms with Crippen molar-refractivity contribution >= 4 is 28.8 Å². The lowest BCUT2D eigenvalue weighted by molar-refractivity contribution is -0.124. The lowest BCUT2D eigenvalue weighted by Gasteiger charge is -2.27. The number of methoxy groups -OCH3 is 1. The molecule has 0 atom stereocenters. The van der Waals surface area contributed by atoms with Crippen LogP contribution in [0.2, 0.25) is 0 Å². The summed E-state index contributed by atoms with van der Waals surface area (Å²) in [5.41, 5.74) is 0.807. The van der Waals surface area contributed by atoms with Gasteiger partial charge >= 0.3 is 0 Å². The SMILES string of the molecule is CCN(CC(=O)NC(C)C)CC(=O)N(Cc1cccs1)c1ccc(OC)cc1. The highest BCUT2D eigenvalue weighted by Crippen LogP contribution is 2.23. The van der Waals surface area contributed by atoms with E-state index in [0.29, 0.717) is 13.1 Å². The predicted octanol–water partition coefficient (Wildman–Crippen LogP) is 3.14. The van der Waals surface area contributed by atoms with E-state index >= 15 is 0 Å². The largest absolute Gasteiger partial charge is 0.497 e. The van der Waals surface area contributed by atoms with E-state index in [-0.39, 0.29) is 30.9 Å². The molecule has 0 saturated heterocycles. The Morgan fingerprint density at radius 3 is 2.39 bits per heavy atom. The van der Waals surface area contributed by atoms with Crippen molar-refractivity contribution in [1.82, 2.24) is 10.2 Å². The summed E-state index contributed by atoms with van der Waals surface area (Å²) in [4.78, 5) is 29.9. The van der Waals surface area contributed by atoms with Crippen molar-refractivity contribution < 1.29 is 14.3 Å². The molecule has 0 aliphatic carbocycles. The van der Waals surface area contributed by atoms with Crippen molar-refractivity contribution in [3.63, 3.8) is 0 Å². The molecule has 1 N–H and O–H groups in total. The molecular formula is C21H29N3O3S. The Kier molecular flexibility index (Phi) is 8.47. The number of hydrogen-bond donors (Lipinski definition) is 1. The lowest BCUT2D eigenvalue weighted by Crippen LogP contribution is -2.45. The molecule has 0 unspecified atom stereocenters. The summed E-state index contributed by atoms with van der Waals surface area (Å²) in [6.07, 6.45) is 0. The highest BCUT2D eigenvalue weighted by Gasteiger charge is 2.21. The summed E-state index contributed by atoms with van der Waals surface area (Å²) >= 11 is 1.62. The van der Waals surface area contributed by atoms with Crippen LogP contribution in [0.5, 0.6) is 5.75 Å². The number of nitrogens with one attached hydrogen (secondary N) is 1. The van der Waals surface area contributed by atoms with Gasteiger partial charge in [-0.1, -0.05) is 13.0 Å². The number of carbonyl (C=O) groups excluding carboxylic acids is 2. The number of benzene rings is 1. The number of likely N-dealkylation sites (N-methyl/N-ethyl adjacent to an activating group) is 1. The molecule has 0 fully saturated rings. The summed E-state index contributed by atoms with van der Waals surface area (Å²) in [5, 5.41) is 4.87. The van der Waals surface area contributed by atoms with Gasteiger partial charge in [0.15, 0.2) is 0 Å². The minimum atomic E-state index is -0.0705. The Morgan fingerprint density at radius 1 is 1.14 bits per heavy atom. The van der Waals surface area contributed by atoms with Crippen LogP contribution in [-0.2, 0) is 16.1 Å². The molecule has 2 rings (SSSR count). The average Bonchev–Trinajstić information content (AvgIpc) is 3.18. The molecule has 28 heavy (non-hydrogen) atoms. The molecule has 0 saturated carbocycles. The molecule has 0 bridgehead atoms. The number of anilines is 1. The maximum Gasteiger partial charge on any atom is 0.241 e. The normalized spacial score (nSPS) is 10.9. The van der Waals surface area contributed by atoms with E-state index < -0.39 is 0 Å². The molecule has 0 radical (unpaired) electrons. The summed E-state index contributed by atoms with van der Waals surface area (Å²) < 4.78 is 5.22. The fourth-order valence-electron chi connectivity index (χ4n) is 2.77. The molecule has 0 aliphatic rings. The zero-order chi connectivity index (χ0) is 20.5. The molecule has 1 heterocycles. The van der Waals surface area contributed by atoms with Crippen LogP contribution in [0.3, 0.4) is 0 Å². The number of rotatable bonds is 10. The van der Waals surface area contributed by atoms with E-state index in [1.165, 1.54) is 0 Å². The Bertz CT molecular complexity index is 745. The minimum Gasteiger partial charge on any atom is -0.497 e. The zero-order valence-electron chi connectivity index (χ0n) is 17.0. The second-order valence-electron chi connectivity index (χ2n) is 6.78. The minimum absolute atomic E-state index is 0.0437. The fourth-order valence-corrected chi connectivity index (χ4v) is 3.46. The van der Waals surface area contributed by atoms with Crippen LogP contribution in [0, 0.1) is 0 Å². The van der Waals surface area contributed by atoms with E-state index in [2.05, 4.69) is 5.32 Å². The first-order valence-corrected chi connectivity index (χ1v) is 10.3. The van der Waals surface area contributed by atoms with Gasteiger partial charge in [0.05, 0.1) is 26.7 Å². The summed E-state index contributed by atoms with van der Waals surface area (Å²) in [5.74, 6) is 0.629. The molecule has 2 aromatic rings. The third-order valence-corrected chi connectivity index (χ3v) is 5.06. The van der Waals surface area contributed by atoms with Gasteiger partial charge < -0.3 is 15.0 Å². The molecule has 0 spiro atoms. The highest BCUT2D eigenvalue weighted by atomic mass is 32.1. The van der Waals surface area contributed by atoms with Gasteiger partial charge in [-0.05, 0) is 56.1 Å². The fraction of sp³-hybridized carbons (Fsp3) is 0.429. The van der Waals surface area contributed by atoms with Crippen LogP contribution >= 0.6 is 11.3 Å². The molecule has 1 aromatic heterocycles. The van der Waals surface area contributed by atoms with Crippen molar-refractivity contribution in [3.05, 3.63) is 46.7 Å². The summed E-state index contributed by atoms with van der Waals surface area (Å²) in [6.45, 7) is 7.30. The number of carbonyl (C=O) groups is 2. The monoisotopic (exact) mass is 403 g/mol. The number of thiophene rings is 1. The Balaban J connectivity index is 2.13. The molecule has 6 nitrogen and oxygen atoms in total. The smallest absolute Gasteiger partial charge is 0.241 e. The standard InChI is InChI=1S/C21H29N3O3S/c1-5-23(14-20(25)22-16(2)3)15-21(26)24(13-19-7-6-12-28-19)17-8-10-18(27-4)11-9-17/h6-12,16H,5,13-15H2,1-4H3,(H,22,25). The topological polar surface area (TPSA) is 61.9 Å². The predicted molar refractivity (Wildman–Crippen MR) is 114 cm³/mol. The van der Waals surface area contributed by atoms with Gasteiger partial charge in [0.1, 0.15) is 5.75 Å². The third kappa shape index (κ3) is 6.65. The maximum absolute atomic E-state index is 13.1. The molecule has 1 aromatic carbocycles. The second-order valence-corrected chi connectivity index (χ2v) is 7.82. The Hall–Kier alpha value is -2.38. The van der Waals surface area contributed by atoms with E-state index in [4.69, 9.17) is 4.74 Å². The van der Waals surface area contributed by atoms with E-state index in [1.54, 1.807) is 23.3 Å². The van der Waals surface area contributed by atoms with Gasteiger partial charge in [-0.3, -0.25) is 14.5 Å². The summed E-state index contributed by atoms with van der Waals surface area (Å²) in [6, 6.07) is 11.5. The quantitative estimate of drug-likeness (QED) is 0.662. The van der Waals surface area contributed by atoms with Gasteiger partial charge in [0.25, 0.3) is 0 Å². The van der Waals surface area contributed by atoms with Gasteiger partial charge in [-0.25, -0.2) is 0 Å². The van der Waals surface area contributed by atoms with Crippen molar-refractivity contribution in [2.75, 3.05) is 31.6 Å². The maximum atomic E-state index is 13.1. The van der Waals surface area contributed by atoms with Crippen molar-refractivity contribution in [3.8, 4) is 5.75 Å². The first kappa shape index (κ1) is 21.9. The number of amides is 2.